The van der Waals surface area contributed by atoms with Crippen LogP contribution in [0.2, 0.25) is 0 Å². The van der Waals surface area contributed by atoms with Gasteiger partial charge in [0, 0.05) is 47.6 Å². The third-order valence-corrected chi connectivity index (χ3v) is 18.9. The van der Waals surface area contributed by atoms with Crippen molar-refractivity contribution in [1.29, 1.82) is 0 Å². The number of allylic oxidation sites excluding steroid dienone is 1. The van der Waals surface area contributed by atoms with E-state index in [0.717, 1.165) is 44.9 Å². The maximum Gasteiger partial charge on any atom is 0.306 e. The second-order valence-electron chi connectivity index (χ2n) is 18.5. The molecule has 13 nitrogen and oxygen atoms in total. The average Bonchev–Trinajstić information content (AvgIpc) is 3.91. The van der Waals surface area contributed by atoms with E-state index in [-0.39, 0.29) is 61.2 Å². The van der Waals surface area contributed by atoms with Crippen LogP contribution in [0.25, 0.3) is 11.0 Å². The van der Waals surface area contributed by atoms with Crippen LogP contribution in [0.4, 0.5) is 0 Å². The van der Waals surface area contributed by atoms with Gasteiger partial charge in [-0.1, -0.05) is 72.4 Å². The SMILES string of the molecule is CCOC(=O)CCc1cc2ccoc2c2c1OC13C=CC4SSC5(CCCC5)C(CCC(C)CCCC(O)C4(O1)C1(O)CC4C=CC(O)C(CO)C4C3(O)C1O)NCCO2. The van der Waals surface area contributed by atoms with E-state index in [0.29, 0.717) is 35.4 Å². The Kier molecular flexibility index (Phi) is 11.7. The second-order valence-corrected chi connectivity index (χ2v) is 21.2. The zero-order valence-corrected chi connectivity index (χ0v) is 36.1. The van der Waals surface area contributed by atoms with Gasteiger partial charge < -0.3 is 59.3 Å². The lowest BCUT2D eigenvalue weighted by atomic mass is 9.46. The van der Waals surface area contributed by atoms with E-state index < -0.39 is 76.5 Å². The van der Waals surface area contributed by atoms with Crippen molar-refractivity contribution < 1.29 is 58.8 Å². The molecule has 60 heavy (non-hydrogen) atoms. The molecule has 1 aromatic carbocycles. The minimum Gasteiger partial charge on any atom is -0.485 e. The number of hydrogen-bond acceptors (Lipinski definition) is 15. The fourth-order valence-corrected chi connectivity index (χ4v) is 16.3. The largest absolute Gasteiger partial charge is 0.485 e. The number of hydrogen-bond donors (Lipinski definition) is 7. The van der Waals surface area contributed by atoms with Gasteiger partial charge in [0.05, 0.1) is 30.3 Å². The van der Waals surface area contributed by atoms with Crippen molar-refractivity contribution in [3.8, 4) is 11.5 Å². The first-order valence-electron chi connectivity index (χ1n) is 22.1. The summed E-state index contributed by atoms with van der Waals surface area (Å²) < 4.78 is 32.6. The first-order chi connectivity index (χ1) is 28.9. The molecule has 8 aliphatic rings. The Labute approximate surface area is 359 Å². The van der Waals surface area contributed by atoms with Crippen LogP contribution in [-0.2, 0) is 20.7 Å². The average molecular weight is 872 g/mol. The highest BCUT2D eigenvalue weighted by molar-refractivity contribution is 8.77. The van der Waals surface area contributed by atoms with Gasteiger partial charge in [-0.2, -0.15) is 0 Å². The van der Waals surface area contributed by atoms with E-state index in [4.69, 9.17) is 23.4 Å². The standard InChI is InChI=1S/C45H61NO12S2/c1-3-54-35(50)14-11-27-23-28-16-21-55-37(28)39-38(27)57-43-19-15-34-45(58-43,42(52)24-29-10-12-31(48)30(25-47)36(29)44(43,53)40(42)51)33(49)8-6-7-26(2)9-13-32(46-20-22-56-39)41(60-59-34)17-4-5-18-41/h10,12,15-16,19,21,23,26,29-34,36,40,46-49,51-53H,3-9,11,13-14,17-18,20,22,24-25H2,1-2H3. The molecule has 0 radical (unpaired) electrons. The topological polar surface area (TPSA) is 201 Å². The molecule has 4 fully saturated rings. The third-order valence-electron chi connectivity index (χ3n) is 15.2. The molecular weight excluding hydrogens is 811 g/mol. The van der Waals surface area contributed by atoms with Crippen molar-refractivity contribution in [3.63, 3.8) is 0 Å². The number of fused-ring (bicyclic) bond motifs is 8. The summed E-state index contributed by atoms with van der Waals surface area (Å²) in [6.45, 7) is 4.36. The van der Waals surface area contributed by atoms with Crippen LogP contribution >= 0.6 is 21.6 Å². The quantitative estimate of drug-likeness (QED) is 0.124. The second kappa shape index (κ2) is 16.4. The monoisotopic (exact) mass is 871 g/mol. The number of rotatable bonds is 5. The molecular formula is C45H61NO12S2. The molecule has 13 atom stereocenters. The molecule has 330 valence electrons. The summed E-state index contributed by atoms with van der Waals surface area (Å²) in [4.78, 5) is 12.9. The molecule has 2 aromatic rings. The predicted molar refractivity (Wildman–Crippen MR) is 226 cm³/mol. The van der Waals surface area contributed by atoms with Gasteiger partial charge in [0.2, 0.25) is 5.75 Å². The summed E-state index contributed by atoms with van der Waals surface area (Å²) in [7, 11) is 3.31. The van der Waals surface area contributed by atoms with Crippen molar-refractivity contribution >= 4 is 38.5 Å². The van der Waals surface area contributed by atoms with E-state index in [1.54, 1.807) is 52.8 Å². The molecule has 15 heteroatoms. The van der Waals surface area contributed by atoms with E-state index in [2.05, 4.69) is 12.2 Å². The van der Waals surface area contributed by atoms with E-state index in [9.17, 15) is 35.4 Å². The first-order valence-corrected chi connectivity index (χ1v) is 24.3. The van der Waals surface area contributed by atoms with Crippen LogP contribution < -0.4 is 14.8 Å². The number of benzene rings is 1. The van der Waals surface area contributed by atoms with Crippen molar-refractivity contribution in [3.05, 3.63) is 48.3 Å². The van der Waals surface area contributed by atoms with E-state index in [1.807, 2.05) is 12.1 Å². The molecule has 3 aliphatic carbocycles. The Hall–Kier alpha value is -2.31. The predicted octanol–water partition coefficient (Wildman–Crippen LogP) is 4.72. The molecule has 5 aliphatic heterocycles. The van der Waals surface area contributed by atoms with E-state index >= 15 is 0 Å². The van der Waals surface area contributed by atoms with Gasteiger partial charge in [-0.25, -0.2) is 0 Å². The Morgan fingerprint density at radius 3 is 2.63 bits per heavy atom. The molecule has 10 rings (SSSR count). The lowest BCUT2D eigenvalue weighted by molar-refractivity contribution is -0.457. The highest BCUT2D eigenvalue weighted by Crippen LogP contribution is 2.68. The molecule has 3 spiro atoms. The maximum atomic E-state index is 13.7. The van der Waals surface area contributed by atoms with Crippen LogP contribution in [0.3, 0.4) is 0 Å². The molecule has 6 bridgehead atoms. The molecule has 7 N–H and O–H groups in total. The van der Waals surface area contributed by atoms with Gasteiger partial charge in [-0.3, -0.25) is 4.79 Å². The number of furan rings is 1. The van der Waals surface area contributed by atoms with Gasteiger partial charge >= 0.3 is 5.97 Å². The number of carbonyl (C=O) groups is 1. The maximum absolute atomic E-state index is 13.7. The lowest BCUT2D eigenvalue weighted by Gasteiger charge is -2.72. The number of aliphatic hydroxyl groups excluding tert-OH is 4. The molecule has 2 saturated carbocycles. The Morgan fingerprint density at radius 1 is 1.03 bits per heavy atom. The summed E-state index contributed by atoms with van der Waals surface area (Å²) in [6, 6.07) is 3.74. The van der Waals surface area contributed by atoms with E-state index in [1.165, 1.54) is 6.26 Å². The van der Waals surface area contributed by atoms with Crippen LogP contribution in [0.15, 0.2) is 47.1 Å². The van der Waals surface area contributed by atoms with Gasteiger partial charge in [0.15, 0.2) is 16.9 Å². The number of carbonyl (C=O) groups excluding carboxylic acids is 1. The molecule has 0 amide bonds. The van der Waals surface area contributed by atoms with Crippen LogP contribution in [-0.4, -0.2) is 120 Å². The Morgan fingerprint density at radius 2 is 1.85 bits per heavy atom. The minimum atomic E-state index is -2.54. The number of esters is 1. The van der Waals surface area contributed by atoms with Gasteiger partial charge in [-0.05, 0) is 87.5 Å². The Bertz CT molecular complexity index is 1970. The number of nitrogens with one attached hydrogen (secondary N) is 1. The summed E-state index contributed by atoms with van der Waals surface area (Å²) in [5.41, 5.74) is -5.85. The summed E-state index contributed by atoms with van der Waals surface area (Å²) in [6.07, 6.45) is 11.5. The lowest BCUT2D eigenvalue weighted by Crippen LogP contribution is -2.91. The molecule has 6 heterocycles. The zero-order valence-electron chi connectivity index (χ0n) is 34.5. The molecule has 1 aromatic heterocycles. The zero-order chi connectivity index (χ0) is 42.1. The first kappa shape index (κ1) is 43.0. The van der Waals surface area contributed by atoms with Crippen LogP contribution in [0.1, 0.15) is 90.0 Å². The normalized spacial score (nSPS) is 42.3. The summed E-state index contributed by atoms with van der Waals surface area (Å²) in [5, 5.41) is 79.3. The summed E-state index contributed by atoms with van der Waals surface area (Å²) in [5.74, 6) is -4.90. The van der Waals surface area contributed by atoms with Crippen molar-refractivity contribution in [1.82, 2.24) is 5.32 Å². The Balaban J connectivity index is 1.31. The summed E-state index contributed by atoms with van der Waals surface area (Å²) >= 11 is 0. The molecule has 13 unspecified atom stereocenters. The molecule has 2 saturated heterocycles. The van der Waals surface area contributed by atoms with Gasteiger partial charge in [0.25, 0.3) is 5.79 Å². The fraction of sp³-hybridized carbons (Fsp3) is 0.711. The minimum absolute atomic E-state index is 0.0139. The highest BCUT2D eigenvalue weighted by atomic mass is 33.1. The highest BCUT2D eigenvalue weighted by Gasteiger charge is 2.84. The van der Waals surface area contributed by atoms with Crippen molar-refractivity contribution in [2.45, 2.75) is 148 Å². The third kappa shape index (κ3) is 6.53. The van der Waals surface area contributed by atoms with Gasteiger partial charge in [0.1, 0.15) is 23.9 Å². The van der Waals surface area contributed by atoms with Crippen molar-refractivity contribution in [2.75, 3.05) is 26.4 Å². The van der Waals surface area contributed by atoms with Crippen molar-refractivity contribution in [2.24, 2.45) is 23.7 Å². The van der Waals surface area contributed by atoms with Crippen LogP contribution in [0.5, 0.6) is 11.5 Å². The fourth-order valence-electron chi connectivity index (χ4n) is 12.2. The smallest absolute Gasteiger partial charge is 0.306 e. The van der Waals surface area contributed by atoms with Gasteiger partial charge in [-0.15, -0.1) is 0 Å². The van der Waals surface area contributed by atoms with Crippen LogP contribution in [0, 0.1) is 23.7 Å². The number of aliphatic hydroxyl groups is 6. The number of ether oxygens (including phenoxy) is 4. The number of aryl methyl sites for hydroxylation is 1.